The highest BCUT2D eigenvalue weighted by Gasteiger charge is 1.57. The Hall–Kier alpha value is -5.28. The van der Waals surface area contributed by atoms with Crippen LogP contribution in [-0.2, 0) is 0 Å². The highest BCUT2D eigenvalue weighted by Crippen LogP contribution is 1.58. The van der Waals surface area contributed by atoms with Gasteiger partial charge < -0.3 is 12.8 Å². The van der Waals surface area contributed by atoms with Crippen LogP contribution in [0.15, 0.2) is 0 Å². The molecule has 0 nitrogen and oxygen atoms in total. The summed E-state index contributed by atoms with van der Waals surface area (Å²) in [6, 6.07) is 0. The van der Waals surface area contributed by atoms with Crippen LogP contribution in [0.4, 0.5) is 0 Å². The van der Waals surface area contributed by atoms with E-state index in [0.29, 0.717) is 0 Å². The second-order valence-corrected chi connectivity index (χ2v) is 2.75. The van der Waals surface area contributed by atoms with Crippen molar-refractivity contribution < 1.29 is 0 Å². The molecule has 0 aromatic carbocycles. The molecule has 0 fully saturated rings. The molecule has 0 saturated carbocycles. The number of hydrogen-bond donors (Lipinski definition) is 0. The fourth-order valence-corrected chi connectivity index (χ4v) is 0.625. The maximum Gasteiger partial charge on any atom is -0.0000000000000000373 e. The molecule has 0 bridgehead atoms. The summed E-state index contributed by atoms with van der Waals surface area (Å²) in [7, 11) is 0. The topological polar surface area (TPSA) is 0 Å². The van der Waals surface area contributed by atoms with E-state index in [1.54, 1.807) is 0 Å². The molecule has 0 N–H and O–H groups in total. The van der Waals surface area contributed by atoms with Gasteiger partial charge in [0.2, 0.25) is 0 Å². The van der Waals surface area contributed by atoms with Gasteiger partial charge in [-0.05, 0) is 94.7 Å². The van der Waals surface area contributed by atoms with Gasteiger partial charge in [-0.1, -0.05) is 0 Å². The van der Waals surface area contributed by atoms with Gasteiger partial charge in [0.25, 0.3) is 0 Å². The molecule has 0 unspecified atom stereocenters. The maximum atomic E-state index is 6.51. The average Bonchev–Trinajstić information content (AvgIpc) is 2.60. The highest BCUT2D eigenvalue weighted by atomic mass is 13.6. The second kappa shape index (κ2) is 17.7. The zero-order valence-electron chi connectivity index (χ0n) is 12.0. The molecule has 0 aromatic heterocycles. The van der Waals surface area contributed by atoms with Crippen LogP contribution in [-0.4, -0.2) is 0 Å². The lowest BCUT2D eigenvalue weighted by Gasteiger charge is -1.63. The van der Waals surface area contributed by atoms with Crippen molar-refractivity contribution in [2.45, 2.75) is 0 Å². The van der Waals surface area contributed by atoms with E-state index in [0.717, 1.165) is 0 Å². The van der Waals surface area contributed by atoms with Crippen molar-refractivity contribution >= 4 is 0 Å². The number of rotatable bonds is 0. The second-order valence-electron chi connectivity index (χ2n) is 2.75. The van der Waals surface area contributed by atoms with Crippen molar-refractivity contribution in [3.8, 4) is 130 Å². The van der Waals surface area contributed by atoms with Crippen molar-refractivity contribution in [1.82, 2.24) is 0 Å². The highest BCUT2D eigenvalue weighted by molar-refractivity contribution is 5.47. The molecule has 0 heterocycles. The van der Waals surface area contributed by atoms with Gasteiger partial charge in [0.1, 0.15) is 0 Å². The van der Waals surface area contributed by atoms with Crippen molar-refractivity contribution in [3.05, 3.63) is 12.8 Å². The third kappa shape index (κ3) is 16.7. The predicted octanol–water partition coefficient (Wildman–Crippen LogP) is 0.200. The zero-order valence-corrected chi connectivity index (χ0v) is 12.0. The van der Waals surface area contributed by atoms with Crippen LogP contribution in [0.25, 0.3) is 0 Å². The molecule has 0 aliphatic rings. The third-order valence-electron chi connectivity index (χ3n) is 1.31. The first-order valence-corrected chi connectivity index (χ1v) is 5.75. The van der Waals surface area contributed by atoms with E-state index < -0.39 is 0 Å². The molecule has 0 aliphatic heterocycles. The van der Waals surface area contributed by atoms with Gasteiger partial charge in [0, 0.05) is 0 Å². The fraction of sp³-hybridized carbons (Fsp3) is 0. The normalized spacial score (nSPS) is 3.75. The SMILES string of the molecule is [C-]#CC#CC#CC#CC#CC#CC#CC#CC#CC#CC#CC#[C-]. The molecule has 0 saturated heterocycles. The summed E-state index contributed by atoms with van der Waals surface area (Å²) >= 11 is 0. The van der Waals surface area contributed by atoms with E-state index in [-0.39, 0.29) is 0 Å². The summed E-state index contributed by atoms with van der Waals surface area (Å²) in [5, 5.41) is 0. The van der Waals surface area contributed by atoms with Crippen molar-refractivity contribution in [2.75, 3.05) is 0 Å². The Bertz CT molecular complexity index is 1100. The Morgan fingerprint density at radius 1 is 0.208 bits per heavy atom. The standard InChI is InChI=1S/C24/c1-3-5-7-9-11-13-15-17-19-21-23-24-22-20-18-16-14-12-10-8-6-4-2/q-2. The first kappa shape index (κ1) is 18.7. The quantitative estimate of drug-likeness (QED) is 0.441. The molecule has 0 rings (SSSR count). The van der Waals surface area contributed by atoms with Crippen LogP contribution in [0.3, 0.4) is 0 Å². The molecular weight excluding hydrogens is 288 g/mol. The lowest BCUT2D eigenvalue weighted by molar-refractivity contribution is 2.32. The van der Waals surface area contributed by atoms with Gasteiger partial charge in [0.05, 0.1) is 0 Å². The summed E-state index contributed by atoms with van der Waals surface area (Å²) in [4.78, 5) is 0. The van der Waals surface area contributed by atoms with E-state index in [1.165, 1.54) is 0 Å². The Balaban J connectivity index is 4.40. The van der Waals surface area contributed by atoms with E-state index in [1.807, 2.05) is 11.8 Å². The lowest BCUT2D eigenvalue weighted by atomic mass is 10.4. The molecule has 0 amide bonds. The molecule has 0 radical (unpaired) electrons. The Morgan fingerprint density at radius 2 is 0.333 bits per heavy atom. The lowest BCUT2D eigenvalue weighted by Crippen LogP contribution is -1.56. The van der Waals surface area contributed by atoms with Gasteiger partial charge in [-0.2, -0.15) is 0 Å². The van der Waals surface area contributed by atoms with Gasteiger partial charge in [-0.3, -0.25) is 11.8 Å². The van der Waals surface area contributed by atoms with Gasteiger partial charge >= 0.3 is 0 Å². The first-order chi connectivity index (χ1) is 11.9. The minimum atomic E-state index is 1.87. The summed E-state index contributed by atoms with van der Waals surface area (Å²) in [6.45, 7) is 0. The number of hydrogen-bond acceptors (Lipinski definition) is 0. The first-order valence-electron chi connectivity index (χ1n) is 5.75. The molecule has 0 atom stereocenters. The Kier molecular flexibility index (Phi) is 13.8. The maximum absolute atomic E-state index is 6.51. The van der Waals surface area contributed by atoms with Crippen LogP contribution in [0.2, 0.25) is 0 Å². The minimum Gasteiger partial charge on any atom is -0.358 e. The van der Waals surface area contributed by atoms with Crippen molar-refractivity contribution in [1.29, 1.82) is 0 Å². The van der Waals surface area contributed by atoms with Gasteiger partial charge in [-0.25, -0.2) is 11.8 Å². The zero-order chi connectivity index (χ0) is 17.6. The third-order valence-corrected chi connectivity index (χ3v) is 1.31. The van der Waals surface area contributed by atoms with E-state index >= 15 is 0 Å². The van der Waals surface area contributed by atoms with Crippen LogP contribution < -0.4 is 0 Å². The molecule has 0 spiro atoms. The summed E-state index contributed by atoms with van der Waals surface area (Å²) < 4.78 is 0. The largest absolute Gasteiger partial charge is 0.358 e. The van der Waals surface area contributed by atoms with Crippen LogP contribution >= 0.6 is 0 Å². The van der Waals surface area contributed by atoms with Crippen LogP contribution in [0.1, 0.15) is 0 Å². The molecule has 0 aromatic rings. The average molecular weight is 288 g/mol. The summed E-state index contributed by atoms with van der Waals surface area (Å²) in [6.07, 6.45) is 13.0. The molecular formula is C24-2. The predicted molar refractivity (Wildman–Crippen MR) is 92.0 cm³/mol. The van der Waals surface area contributed by atoms with E-state index in [4.69, 9.17) is 12.8 Å². The van der Waals surface area contributed by atoms with Crippen LogP contribution in [0.5, 0.6) is 0 Å². The molecule has 0 heteroatoms. The fourth-order valence-electron chi connectivity index (χ4n) is 0.625. The van der Waals surface area contributed by atoms with Crippen molar-refractivity contribution in [2.24, 2.45) is 0 Å². The van der Waals surface area contributed by atoms with Gasteiger partial charge in [0.15, 0.2) is 0 Å². The Labute approximate surface area is 143 Å². The van der Waals surface area contributed by atoms with Gasteiger partial charge in [-0.15, -0.1) is 11.8 Å². The monoisotopic (exact) mass is 288 g/mol. The van der Waals surface area contributed by atoms with E-state index in [2.05, 4.69) is 118 Å². The summed E-state index contributed by atoms with van der Waals surface area (Å²) in [5.74, 6) is 52.0. The smallest absolute Gasteiger partial charge is 0.0000000000000000373 e. The Morgan fingerprint density at radius 3 is 0.458 bits per heavy atom. The van der Waals surface area contributed by atoms with Crippen LogP contribution in [0, 0.1) is 143 Å². The molecule has 98 valence electrons. The summed E-state index contributed by atoms with van der Waals surface area (Å²) in [5.41, 5.74) is 0. The van der Waals surface area contributed by atoms with E-state index in [9.17, 15) is 0 Å². The van der Waals surface area contributed by atoms with Crippen molar-refractivity contribution in [3.63, 3.8) is 0 Å². The molecule has 24 heavy (non-hydrogen) atoms. The molecule has 0 aliphatic carbocycles. The minimum absolute atomic E-state index is 1.87.